The van der Waals surface area contributed by atoms with Gasteiger partial charge in [-0.05, 0) is 24.6 Å². The van der Waals surface area contributed by atoms with Gasteiger partial charge in [0.1, 0.15) is 0 Å². The third-order valence-electron chi connectivity index (χ3n) is 1.83. The molecular formula is C11H16BrNS. The largest absolute Gasteiger partial charge is 0.324 e. The Bertz CT molecular complexity index is 310. The first-order valence-corrected chi connectivity index (χ1v) is 6.39. The number of benzene rings is 1. The fourth-order valence-electron chi connectivity index (χ4n) is 1.22. The van der Waals surface area contributed by atoms with Crippen LogP contribution in [-0.2, 0) is 0 Å². The van der Waals surface area contributed by atoms with Crippen molar-refractivity contribution in [3.8, 4) is 0 Å². The van der Waals surface area contributed by atoms with Gasteiger partial charge in [0.05, 0.1) is 0 Å². The highest BCUT2D eigenvalue weighted by Gasteiger charge is 2.06. The lowest BCUT2D eigenvalue weighted by Gasteiger charge is -2.11. The molecule has 1 aromatic carbocycles. The van der Waals surface area contributed by atoms with Crippen molar-refractivity contribution in [2.45, 2.75) is 37.0 Å². The molecule has 0 unspecified atom stereocenters. The zero-order chi connectivity index (χ0) is 10.7. The molecule has 0 aromatic heterocycles. The van der Waals surface area contributed by atoms with Crippen molar-refractivity contribution in [2.24, 2.45) is 5.73 Å². The molecule has 1 atom stereocenters. The zero-order valence-corrected chi connectivity index (χ0v) is 11.2. The predicted molar refractivity (Wildman–Crippen MR) is 67.7 cm³/mol. The number of rotatable bonds is 3. The molecule has 0 saturated carbocycles. The molecule has 0 amide bonds. The maximum absolute atomic E-state index is 5.83. The van der Waals surface area contributed by atoms with Gasteiger partial charge in [-0.2, -0.15) is 0 Å². The van der Waals surface area contributed by atoms with E-state index in [0.717, 1.165) is 10.0 Å². The van der Waals surface area contributed by atoms with E-state index in [1.54, 1.807) is 0 Å². The minimum Gasteiger partial charge on any atom is -0.324 e. The smallest absolute Gasteiger partial charge is 0.0277 e. The van der Waals surface area contributed by atoms with Gasteiger partial charge in [0, 0.05) is 20.7 Å². The first-order chi connectivity index (χ1) is 6.50. The normalized spacial score (nSPS) is 13.3. The minimum atomic E-state index is 0.0856. The van der Waals surface area contributed by atoms with E-state index in [4.69, 9.17) is 5.73 Å². The number of hydrogen-bond donors (Lipinski definition) is 1. The highest BCUT2D eigenvalue weighted by molar-refractivity contribution is 9.10. The van der Waals surface area contributed by atoms with Crippen LogP contribution in [0.5, 0.6) is 0 Å². The van der Waals surface area contributed by atoms with Gasteiger partial charge < -0.3 is 5.73 Å². The van der Waals surface area contributed by atoms with Crippen LogP contribution in [0.15, 0.2) is 27.6 Å². The van der Waals surface area contributed by atoms with Crippen molar-refractivity contribution in [3.63, 3.8) is 0 Å². The van der Waals surface area contributed by atoms with Gasteiger partial charge in [0.15, 0.2) is 0 Å². The average Bonchev–Trinajstić information content (AvgIpc) is 2.01. The van der Waals surface area contributed by atoms with E-state index in [1.807, 2.05) is 18.7 Å². The Kier molecular flexibility index (Phi) is 4.48. The molecule has 0 saturated heterocycles. The summed E-state index contributed by atoms with van der Waals surface area (Å²) >= 11 is 5.41. The second-order valence-corrected chi connectivity index (χ2v) is 6.14. The van der Waals surface area contributed by atoms with Crippen molar-refractivity contribution in [1.82, 2.24) is 0 Å². The van der Waals surface area contributed by atoms with Crippen LogP contribution in [0.1, 0.15) is 32.4 Å². The maximum atomic E-state index is 5.83. The van der Waals surface area contributed by atoms with E-state index < -0.39 is 0 Å². The predicted octanol–water partition coefficient (Wildman–Crippen LogP) is 3.97. The SMILES string of the molecule is CC(C)Sc1ccc([C@H](C)N)c(Br)c1. The minimum absolute atomic E-state index is 0.0856. The molecule has 0 spiro atoms. The molecule has 1 rings (SSSR count). The second kappa shape index (κ2) is 5.19. The summed E-state index contributed by atoms with van der Waals surface area (Å²) in [5.74, 6) is 0. The molecule has 2 N–H and O–H groups in total. The highest BCUT2D eigenvalue weighted by Crippen LogP contribution is 2.29. The highest BCUT2D eigenvalue weighted by atomic mass is 79.9. The van der Waals surface area contributed by atoms with Crippen LogP contribution < -0.4 is 5.73 Å². The lowest BCUT2D eigenvalue weighted by molar-refractivity contribution is 0.811. The standard InChI is InChI=1S/C11H16BrNS/c1-7(2)14-9-4-5-10(8(3)13)11(12)6-9/h4-8H,13H2,1-3H3/t8-/m0/s1. The molecule has 78 valence electrons. The average molecular weight is 274 g/mol. The summed E-state index contributed by atoms with van der Waals surface area (Å²) in [5, 5.41) is 0.614. The third-order valence-corrected chi connectivity index (χ3v) is 3.52. The molecule has 0 heterocycles. The Morgan fingerprint density at radius 1 is 1.29 bits per heavy atom. The zero-order valence-electron chi connectivity index (χ0n) is 8.75. The molecule has 3 heteroatoms. The van der Waals surface area contributed by atoms with Crippen LogP contribution in [0.25, 0.3) is 0 Å². The molecule has 0 fully saturated rings. The molecule has 0 aliphatic rings. The summed E-state index contributed by atoms with van der Waals surface area (Å²) < 4.78 is 1.11. The molecule has 14 heavy (non-hydrogen) atoms. The Balaban J connectivity index is 2.89. The van der Waals surface area contributed by atoms with Crippen LogP contribution >= 0.6 is 27.7 Å². The molecule has 1 aromatic rings. The molecular weight excluding hydrogens is 258 g/mol. The van der Waals surface area contributed by atoms with E-state index in [2.05, 4.69) is 48.0 Å². The Morgan fingerprint density at radius 2 is 1.93 bits per heavy atom. The van der Waals surface area contributed by atoms with Gasteiger partial charge in [0.2, 0.25) is 0 Å². The van der Waals surface area contributed by atoms with E-state index in [9.17, 15) is 0 Å². The van der Waals surface area contributed by atoms with E-state index >= 15 is 0 Å². The van der Waals surface area contributed by atoms with Crippen molar-refractivity contribution >= 4 is 27.7 Å². The summed E-state index contributed by atoms with van der Waals surface area (Å²) in [6, 6.07) is 6.46. The Hall–Kier alpha value is 0.01000. The maximum Gasteiger partial charge on any atom is 0.0277 e. The Labute approximate surface area is 98.6 Å². The first-order valence-electron chi connectivity index (χ1n) is 4.72. The molecule has 0 aliphatic carbocycles. The fourth-order valence-corrected chi connectivity index (χ4v) is 2.99. The van der Waals surface area contributed by atoms with Gasteiger partial charge in [-0.3, -0.25) is 0 Å². The van der Waals surface area contributed by atoms with Crippen LogP contribution in [0.4, 0.5) is 0 Å². The van der Waals surface area contributed by atoms with E-state index in [1.165, 1.54) is 4.90 Å². The molecule has 0 aliphatic heterocycles. The Morgan fingerprint density at radius 3 is 2.36 bits per heavy atom. The van der Waals surface area contributed by atoms with Crippen molar-refractivity contribution < 1.29 is 0 Å². The van der Waals surface area contributed by atoms with Gasteiger partial charge >= 0.3 is 0 Å². The number of halogens is 1. The fraction of sp³-hybridized carbons (Fsp3) is 0.455. The second-order valence-electron chi connectivity index (χ2n) is 3.64. The molecule has 1 nitrogen and oxygen atoms in total. The summed E-state index contributed by atoms with van der Waals surface area (Å²) in [6.45, 7) is 6.38. The number of hydrogen-bond acceptors (Lipinski definition) is 2. The third kappa shape index (κ3) is 3.30. The molecule has 0 radical (unpaired) electrons. The van der Waals surface area contributed by atoms with Crippen LogP contribution in [0.2, 0.25) is 0 Å². The summed E-state index contributed by atoms with van der Waals surface area (Å²) in [7, 11) is 0. The summed E-state index contributed by atoms with van der Waals surface area (Å²) in [4.78, 5) is 1.29. The lowest BCUT2D eigenvalue weighted by Crippen LogP contribution is -2.05. The monoisotopic (exact) mass is 273 g/mol. The number of nitrogens with two attached hydrogens (primary N) is 1. The van der Waals surface area contributed by atoms with Crippen LogP contribution in [0.3, 0.4) is 0 Å². The van der Waals surface area contributed by atoms with Gasteiger partial charge in [0.25, 0.3) is 0 Å². The van der Waals surface area contributed by atoms with Crippen molar-refractivity contribution in [1.29, 1.82) is 0 Å². The van der Waals surface area contributed by atoms with Crippen LogP contribution in [0, 0.1) is 0 Å². The molecule has 0 bridgehead atoms. The summed E-state index contributed by atoms with van der Waals surface area (Å²) in [6.07, 6.45) is 0. The van der Waals surface area contributed by atoms with Gasteiger partial charge in [-0.15, -0.1) is 11.8 Å². The topological polar surface area (TPSA) is 26.0 Å². The van der Waals surface area contributed by atoms with Crippen LogP contribution in [-0.4, -0.2) is 5.25 Å². The summed E-state index contributed by atoms with van der Waals surface area (Å²) in [5.41, 5.74) is 6.99. The van der Waals surface area contributed by atoms with Gasteiger partial charge in [-0.25, -0.2) is 0 Å². The van der Waals surface area contributed by atoms with Gasteiger partial charge in [-0.1, -0.05) is 35.8 Å². The van der Waals surface area contributed by atoms with E-state index in [0.29, 0.717) is 5.25 Å². The van der Waals surface area contributed by atoms with Crippen molar-refractivity contribution in [3.05, 3.63) is 28.2 Å². The first kappa shape index (κ1) is 12.1. The number of thioether (sulfide) groups is 1. The van der Waals surface area contributed by atoms with Crippen molar-refractivity contribution in [2.75, 3.05) is 0 Å². The quantitative estimate of drug-likeness (QED) is 0.844. The lowest BCUT2D eigenvalue weighted by atomic mass is 10.1. The van der Waals surface area contributed by atoms with E-state index in [-0.39, 0.29) is 6.04 Å².